The number of rotatable bonds is 4. The third-order valence-corrected chi connectivity index (χ3v) is 4.97. The summed E-state index contributed by atoms with van der Waals surface area (Å²) in [6.45, 7) is 2.09. The molecule has 4 aromatic rings. The van der Waals surface area contributed by atoms with E-state index in [1.807, 2.05) is 17.5 Å². The standard InChI is InChI=1S/C20H15FN4OS/c1-12-7-17(16-8-14(21)4-5-18(16)24-12)19(26)23-10-15-11-27-20(25-15)13-3-2-6-22-9-13/h2-9,11H,10H2,1H3,(H,23,26). The van der Waals surface area contributed by atoms with Crippen molar-refractivity contribution in [2.75, 3.05) is 0 Å². The molecule has 0 saturated heterocycles. The second kappa shape index (κ2) is 7.20. The van der Waals surface area contributed by atoms with Crippen LogP contribution in [-0.4, -0.2) is 20.9 Å². The van der Waals surface area contributed by atoms with Crippen LogP contribution in [-0.2, 0) is 6.54 Å². The van der Waals surface area contributed by atoms with Crippen LogP contribution in [0.1, 0.15) is 21.7 Å². The number of pyridine rings is 2. The molecule has 0 spiro atoms. The predicted octanol–water partition coefficient (Wildman–Crippen LogP) is 4.13. The van der Waals surface area contributed by atoms with E-state index in [1.165, 1.54) is 23.5 Å². The van der Waals surface area contributed by atoms with Crippen LogP contribution < -0.4 is 5.32 Å². The maximum atomic E-state index is 13.6. The average molecular weight is 378 g/mol. The molecule has 4 rings (SSSR count). The van der Waals surface area contributed by atoms with E-state index in [0.29, 0.717) is 22.2 Å². The van der Waals surface area contributed by atoms with Gasteiger partial charge in [0.1, 0.15) is 10.8 Å². The first-order valence-corrected chi connectivity index (χ1v) is 9.18. The molecule has 0 aliphatic rings. The molecule has 0 aliphatic carbocycles. The van der Waals surface area contributed by atoms with E-state index >= 15 is 0 Å². The molecular weight excluding hydrogens is 363 g/mol. The Kier molecular flexibility index (Phi) is 4.60. The van der Waals surface area contributed by atoms with Gasteiger partial charge >= 0.3 is 0 Å². The second-order valence-electron chi connectivity index (χ2n) is 6.04. The van der Waals surface area contributed by atoms with Gasteiger partial charge in [-0.05, 0) is 43.3 Å². The van der Waals surface area contributed by atoms with Gasteiger partial charge in [0.05, 0.1) is 23.3 Å². The minimum atomic E-state index is -0.400. The van der Waals surface area contributed by atoms with Gasteiger partial charge in [0.25, 0.3) is 5.91 Å². The second-order valence-corrected chi connectivity index (χ2v) is 6.90. The van der Waals surface area contributed by atoms with Crippen molar-refractivity contribution >= 4 is 28.1 Å². The highest BCUT2D eigenvalue weighted by Gasteiger charge is 2.13. The van der Waals surface area contributed by atoms with Crippen LogP contribution in [0, 0.1) is 12.7 Å². The fraction of sp³-hybridized carbons (Fsp3) is 0.100. The lowest BCUT2D eigenvalue weighted by Gasteiger charge is -2.08. The molecule has 0 saturated carbocycles. The number of hydrogen-bond donors (Lipinski definition) is 1. The van der Waals surface area contributed by atoms with Crippen molar-refractivity contribution in [3.05, 3.63) is 76.9 Å². The van der Waals surface area contributed by atoms with Gasteiger partial charge in [-0.25, -0.2) is 9.37 Å². The molecule has 0 unspecified atom stereocenters. The molecule has 1 amide bonds. The number of benzene rings is 1. The molecule has 0 atom stereocenters. The zero-order valence-corrected chi connectivity index (χ0v) is 15.3. The predicted molar refractivity (Wildman–Crippen MR) is 103 cm³/mol. The van der Waals surface area contributed by atoms with E-state index in [0.717, 1.165) is 16.3 Å². The van der Waals surface area contributed by atoms with Crippen LogP contribution in [0.3, 0.4) is 0 Å². The smallest absolute Gasteiger partial charge is 0.252 e. The Balaban J connectivity index is 1.54. The summed E-state index contributed by atoms with van der Waals surface area (Å²) in [5, 5.41) is 6.10. The maximum absolute atomic E-state index is 13.6. The number of aryl methyl sites for hydroxylation is 1. The number of carbonyl (C=O) groups excluding carboxylic acids is 1. The Labute approximate surface area is 158 Å². The minimum Gasteiger partial charge on any atom is -0.346 e. The van der Waals surface area contributed by atoms with Gasteiger partial charge in [0.2, 0.25) is 0 Å². The first-order valence-electron chi connectivity index (χ1n) is 8.30. The first kappa shape index (κ1) is 17.2. The van der Waals surface area contributed by atoms with Crippen molar-refractivity contribution in [2.45, 2.75) is 13.5 Å². The molecule has 5 nitrogen and oxygen atoms in total. The number of aromatic nitrogens is 3. The fourth-order valence-electron chi connectivity index (χ4n) is 2.79. The lowest BCUT2D eigenvalue weighted by atomic mass is 10.1. The van der Waals surface area contributed by atoms with Crippen molar-refractivity contribution in [2.24, 2.45) is 0 Å². The van der Waals surface area contributed by atoms with E-state index < -0.39 is 5.82 Å². The minimum absolute atomic E-state index is 0.285. The van der Waals surface area contributed by atoms with Gasteiger partial charge in [0, 0.05) is 34.4 Å². The highest BCUT2D eigenvalue weighted by atomic mass is 32.1. The Morgan fingerprint density at radius 1 is 1.22 bits per heavy atom. The molecule has 1 aromatic carbocycles. The molecule has 0 fully saturated rings. The van der Waals surface area contributed by atoms with Crippen LogP contribution in [0.5, 0.6) is 0 Å². The van der Waals surface area contributed by atoms with Crippen molar-refractivity contribution in [3.8, 4) is 10.6 Å². The quantitative estimate of drug-likeness (QED) is 0.580. The Hall–Kier alpha value is -3.19. The number of nitrogens with zero attached hydrogens (tertiary/aromatic N) is 3. The summed E-state index contributed by atoms with van der Waals surface area (Å²) >= 11 is 1.50. The lowest BCUT2D eigenvalue weighted by molar-refractivity contribution is 0.0952. The summed E-state index contributed by atoms with van der Waals surface area (Å²) in [5.41, 5.74) is 3.39. The van der Waals surface area contributed by atoms with Gasteiger partial charge < -0.3 is 5.32 Å². The van der Waals surface area contributed by atoms with Crippen molar-refractivity contribution in [1.29, 1.82) is 0 Å². The molecular formula is C20H15FN4OS. The first-order chi connectivity index (χ1) is 13.1. The summed E-state index contributed by atoms with van der Waals surface area (Å²) in [4.78, 5) is 25.6. The van der Waals surface area contributed by atoms with E-state index in [4.69, 9.17) is 0 Å². The van der Waals surface area contributed by atoms with Gasteiger partial charge in [-0.2, -0.15) is 0 Å². The van der Waals surface area contributed by atoms with Gasteiger partial charge in [-0.15, -0.1) is 11.3 Å². The molecule has 7 heteroatoms. The summed E-state index contributed by atoms with van der Waals surface area (Å²) < 4.78 is 13.6. The van der Waals surface area contributed by atoms with Crippen LogP contribution in [0.15, 0.2) is 54.2 Å². The number of thiazole rings is 1. The average Bonchev–Trinajstić information content (AvgIpc) is 3.15. The van der Waals surface area contributed by atoms with E-state index in [-0.39, 0.29) is 12.5 Å². The number of hydrogen-bond acceptors (Lipinski definition) is 5. The highest BCUT2D eigenvalue weighted by Crippen LogP contribution is 2.23. The van der Waals surface area contributed by atoms with Crippen LogP contribution in [0.4, 0.5) is 4.39 Å². The van der Waals surface area contributed by atoms with E-state index in [9.17, 15) is 9.18 Å². The van der Waals surface area contributed by atoms with Crippen LogP contribution >= 0.6 is 11.3 Å². The van der Waals surface area contributed by atoms with Crippen molar-refractivity contribution in [1.82, 2.24) is 20.3 Å². The number of nitrogens with one attached hydrogen (secondary N) is 1. The van der Waals surface area contributed by atoms with Gasteiger partial charge in [-0.1, -0.05) is 0 Å². The topological polar surface area (TPSA) is 67.8 Å². The number of carbonyl (C=O) groups is 1. The van der Waals surface area contributed by atoms with Crippen molar-refractivity contribution in [3.63, 3.8) is 0 Å². The molecule has 3 aromatic heterocycles. The Bertz CT molecular complexity index is 1130. The SMILES string of the molecule is Cc1cc(C(=O)NCc2csc(-c3cccnc3)n2)c2cc(F)ccc2n1. The fourth-order valence-corrected chi connectivity index (χ4v) is 3.60. The summed E-state index contributed by atoms with van der Waals surface area (Å²) in [7, 11) is 0. The van der Waals surface area contributed by atoms with Gasteiger partial charge in [-0.3, -0.25) is 14.8 Å². The van der Waals surface area contributed by atoms with E-state index in [1.54, 1.807) is 31.5 Å². The summed E-state index contributed by atoms with van der Waals surface area (Å²) in [6.07, 6.45) is 3.46. The van der Waals surface area contributed by atoms with Crippen molar-refractivity contribution < 1.29 is 9.18 Å². The molecule has 134 valence electrons. The maximum Gasteiger partial charge on any atom is 0.252 e. The molecule has 1 N–H and O–H groups in total. The normalized spacial score (nSPS) is 10.9. The molecule has 0 bridgehead atoms. The number of fused-ring (bicyclic) bond motifs is 1. The monoisotopic (exact) mass is 378 g/mol. The molecule has 3 heterocycles. The zero-order valence-electron chi connectivity index (χ0n) is 14.4. The largest absolute Gasteiger partial charge is 0.346 e. The summed E-state index contributed by atoms with van der Waals surface area (Å²) in [6, 6.07) is 9.71. The third kappa shape index (κ3) is 3.68. The Morgan fingerprint density at radius 2 is 2.11 bits per heavy atom. The molecule has 27 heavy (non-hydrogen) atoms. The number of amides is 1. The summed E-state index contributed by atoms with van der Waals surface area (Å²) in [5.74, 6) is -0.685. The number of halogens is 1. The third-order valence-electron chi connectivity index (χ3n) is 4.03. The molecule has 0 radical (unpaired) electrons. The lowest BCUT2D eigenvalue weighted by Crippen LogP contribution is -2.23. The highest BCUT2D eigenvalue weighted by molar-refractivity contribution is 7.13. The zero-order chi connectivity index (χ0) is 18.8. The molecule has 0 aliphatic heterocycles. The van der Waals surface area contributed by atoms with E-state index in [2.05, 4.69) is 20.3 Å². The van der Waals surface area contributed by atoms with Crippen LogP contribution in [0.2, 0.25) is 0 Å². The van der Waals surface area contributed by atoms with Gasteiger partial charge in [0.15, 0.2) is 0 Å². The van der Waals surface area contributed by atoms with Crippen LogP contribution in [0.25, 0.3) is 21.5 Å². The Morgan fingerprint density at radius 3 is 2.93 bits per heavy atom.